The van der Waals surface area contributed by atoms with Crippen LogP contribution in [0.5, 0.6) is 0 Å². The van der Waals surface area contributed by atoms with E-state index in [1.54, 1.807) is 10.3 Å². The van der Waals surface area contributed by atoms with E-state index in [4.69, 9.17) is 4.74 Å². The molecule has 2 saturated heterocycles. The number of hydrogen-bond donors (Lipinski definition) is 2. The van der Waals surface area contributed by atoms with Gasteiger partial charge in [0.1, 0.15) is 11.5 Å². The molecule has 2 aromatic heterocycles. The van der Waals surface area contributed by atoms with Crippen LogP contribution in [0.4, 0.5) is 34.1 Å². The molecule has 0 radical (unpaired) electrons. The summed E-state index contributed by atoms with van der Waals surface area (Å²) in [5.41, 5.74) is -2.83. The molecule has 1 aromatic carbocycles. The molecule has 4 heterocycles. The molecule has 0 saturated carbocycles. The number of morpholine rings is 1. The fraction of sp³-hybridized carbons (Fsp3) is 0.483. The van der Waals surface area contributed by atoms with Gasteiger partial charge in [0.25, 0.3) is 12.3 Å². The Hall–Kier alpha value is -3.49. The molecule has 232 valence electrons. The number of nitrogens with zero attached hydrogens (tertiary/aromatic N) is 4. The first kappa shape index (κ1) is 31.0. The van der Waals surface area contributed by atoms with E-state index in [9.17, 15) is 18.4 Å². The summed E-state index contributed by atoms with van der Waals surface area (Å²) in [6.45, 7) is 9.75. The number of anilines is 3. The lowest BCUT2D eigenvalue weighted by Crippen LogP contribution is -2.55. The standard InChI is InChI=1S/C29H34F4N6O3S/c1-14-9-38(10-15(2)37(14)5)22-7-20(30)24(21-13-43-29(35-21)39-11-16(3)42-17(4)12-39)25(31)26(22)36-28(41)19-8-34-23(40)6-18(19)27(32)33/h6-8,13-17,27H,9-12H2,1-5H3,(H,34,40)(H,36,41). The maximum Gasteiger partial charge on any atom is 0.264 e. The van der Waals surface area contributed by atoms with Gasteiger partial charge in [-0.05, 0) is 34.7 Å². The number of aromatic amines is 1. The lowest BCUT2D eigenvalue weighted by atomic mass is 10.0. The second-order valence-corrected chi connectivity index (χ2v) is 12.1. The number of rotatable bonds is 6. The molecule has 2 N–H and O–H groups in total. The molecule has 5 rings (SSSR count). The van der Waals surface area contributed by atoms with Gasteiger partial charge in [0.05, 0.1) is 34.7 Å². The van der Waals surface area contributed by atoms with Crippen molar-refractivity contribution < 1.29 is 27.1 Å². The van der Waals surface area contributed by atoms with Crippen LogP contribution in [0, 0.1) is 11.6 Å². The highest BCUT2D eigenvalue weighted by atomic mass is 32.1. The summed E-state index contributed by atoms with van der Waals surface area (Å²) < 4.78 is 65.6. The maximum absolute atomic E-state index is 16.5. The number of piperazine rings is 1. The molecule has 2 aliphatic rings. The SMILES string of the molecule is CC1CN(c2nc(-c3c(F)cc(N4CC(C)N(C)C(C)C4)c(NC(=O)c4c[nH]c(=O)cc4C(F)F)c3F)cs2)CC(C)O1. The number of halogens is 4. The third kappa shape index (κ3) is 6.27. The molecule has 0 spiro atoms. The van der Waals surface area contributed by atoms with Crippen LogP contribution in [-0.4, -0.2) is 78.3 Å². The van der Waals surface area contributed by atoms with Crippen molar-refractivity contribution in [2.24, 2.45) is 0 Å². The van der Waals surface area contributed by atoms with Gasteiger partial charge in [0.15, 0.2) is 10.9 Å². The first-order chi connectivity index (χ1) is 20.3. The van der Waals surface area contributed by atoms with E-state index in [1.807, 2.05) is 39.6 Å². The average Bonchev–Trinajstić information content (AvgIpc) is 3.42. The number of ether oxygens (including phenoxy) is 1. The van der Waals surface area contributed by atoms with E-state index in [2.05, 4.69) is 20.2 Å². The van der Waals surface area contributed by atoms with Crippen LogP contribution in [0.15, 0.2) is 28.5 Å². The van der Waals surface area contributed by atoms with Crippen molar-refractivity contribution in [1.82, 2.24) is 14.9 Å². The Morgan fingerprint density at radius 2 is 1.72 bits per heavy atom. The van der Waals surface area contributed by atoms with E-state index < -0.39 is 46.2 Å². The smallest absolute Gasteiger partial charge is 0.264 e. The van der Waals surface area contributed by atoms with Gasteiger partial charge < -0.3 is 24.8 Å². The zero-order valence-electron chi connectivity index (χ0n) is 24.5. The third-order valence-electron chi connectivity index (χ3n) is 8.01. The largest absolute Gasteiger partial charge is 0.372 e. The molecule has 0 bridgehead atoms. The molecule has 9 nitrogen and oxygen atoms in total. The Bertz CT molecular complexity index is 1540. The number of likely N-dealkylation sites (N-methyl/N-ethyl adjacent to an activating group) is 1. The summed E-state index contributed by atoms with van der Waals surface area (Å²) >= 11 is 1.23. The molecule has 1 amide bonds. The van der Waals surface area contributed by atoms with Gasteiger partial charge in [0.2, 0.25) is 5.56 Å². The highest BCUT2D eigenvalue weighted by Gasteiger charge is 2.33. The number of carbonyl (C=O) groups excluding carboxylic acids is 1. The second-order valence-electron chi connectivity index (χ2n) is 11.3. The fourth-order valence-electron chi connectivity index (χ4n) is 5.71. The molecular formula is C29H34F4N6O3S. The Labute approximate surface area is 250 Å². The van der Waals surface area contributed by atoms with Crippen LogP contribution in [0.25, 0.3) is 11.3 Å². The van der Waals surface area contributed by atoms with E-state index >= 15 is 8.78 Å². The van der Waals surface area contributed by atoms with Crippen LogP contribution >= 0.6 is 11.3 Å². The van der Waals surface area contributed by atoms with Crippen LogP contribution in [0.1, 0.15) is 50.0 Å². The molecule has 2 fully saturated rings. The summed E-state index contributed by atoms with van der Waals surface area (Å²) in [6, 6.07) is 1.81. The summed E-state index contributed by atoms with van der Waals surface area (Å²) in [5.74, 6) is -3.02. The van der Waals surface area contributed by atoms with Gasteiger partial charge in [-0.2, -0.15) is 0 Å². The normalized spacial score (nSPS) is 23.2. The van der Waals surface area contributed by atoms with Crippen LogP contribution < -0.4 is 20.7 Å². The number of amides is 1. The van der Waals surface area contributed by atoms with Gasteiger partial charge >= 0.3 is 0 Å². The predicted octanol–water partition coefficient (Wildman–Crippen LogP) is 5.11. The van der Waals surface area contributed by atoms with E-state index in [1.165, 1.54) is 11.3 Å². The summed E-state index contributed by atoms with van der Waals surface area (Å²) in [4.78, 5) is 37.7. The van der Waals surface area contributed by atoms with E-state index in [-0.39, 0.29) is 41.4 Å². The lowest BCUT2D eigenvalue weighted by Gasteiger charge is -2.44. The van der Waals surface area contributed by atoms with Crippen molar-refractivity contribution in [3.05, 3.63) is 56.8 Å². The Kier molecular flexibility index (Phi) is 8.82. The van der Waals surface area contributed by atoms with Crippen molar-refractivity contribution in [3.8, 4) is 11.3 Å². The topological polar surface area (TPSA) is 93.8 Å². The number of nitrogens with one attached hydrogen (secondary N) is 2. The second kappa shape index (κ2) is 12.2. The first-order valence-electron chi connectivity index (χ1n) is 14.0. The highest BCUT2D eigenvalue weighted by Crippen LogP contribution is 2.41. The number of hydrogen-bond acceptors (Lipinski definition) is 8. The number of thiazole rings is 1. The molecule has 43 heavy (non-hydrogen) atoms. The van der Waals surface area contributed by atoms with Gasteiger partial charge in [-0.25, -0.2) is 22.5 Å². The van der Waals surface area contributed by atoms with Crippen LogP contribution in [0.3, 0.4) is 0 Å². The minimum absolute atomic E-state index is 0.0159. The molecule has 4 atom stereocenters. The highest BCUT2D eigenvalue weighted by molar-refractivity contribution is 7.14. The third-order valence-corrected chi connectivity index (χ3v) is 8.91. The van der Waals surface area contributed by atoms with Crippen LogP contribution in [-0.2, 0) is 4.74 Å². The summed E-state index contributed by atoms with van der Waals surface area (Å²) in [5, 5.41) is 4.54. The average molecular weight is 623 g/mol. The summed E-state index contributed by atoms with van der Waals surface area (Å²) in [6.07, 6.45) is -2.37. The first-order valence-corrected chi connectivity index (χ1v) is 14.9. The Morgan fingerprint density at radius 3 is 2.35 bits per heavy atom. The predicted molar refractivity (Wildman–Crippen MR) is 159 cm³/mol. The zero-order valence-corrected chi connectivity index (χ0v) is 25.3. The number of alkyl halides is 2. The summed E-state index contributed by atoms with van der Waals surface area (Å²) in [7, 11) is 1.96. The van der Waals surface area contributed by atoms with Crippen molar-refractivity contribution in [1.29, 1.82) is 0 Å². The fourth-order valence-corrected chi connectivity index (χ4v) is 6.55. The Balaban J connectivity index is 1.59. The lowest BCUT2D eigenvalue weighted by molar-refractivity contribution is -0.00522. The molecular weight excluding hydrogens is 588 g/mol. The van der Waals surface area contributed by atoms with E-state index in [0.717, 1.165) is 12.3 Å². The van der Waals surface area contributed by atoms with Gasteiger partial charge in [-0.15, -0.1) is 11.3 Å². The molecule has 3 aromatic rings. The Morgan fingerprint density at radius 1 is 1.07 bits per heavy atom. The molecule has 4 unspecified atom stereocenters. The molecule has 2 aliphatic heterocycles. The zero-order chi connectivity index (χ0) is 31.2. The maximum atomic E-state index is 16.5. The van der Waals surface area contributed by atoms with Gasteiger partial charge in [0, 0.05) is 67.5 Å². The van der Waals surface area contributed by atoms with Gasteiger partial charge in [-0.1, -0.05) is 0 Å². The quantitative estimate of drug-likeness (QED) is 0.369. The number of carbonyl (C=O) groups is 1. The number of H-pyrrole nitrogens is 1. The van der Waals surface area contributed by atoms with Crippen molar-refractivity contribution in [2.45, 2.75) is 58.4 Å². The molecule has 0 aliphatic carbocycles. The molecule has 14 heteroatoms. The van der Waals surface area contributed by atoms with Crippen molar-refractivity contribution >= 4 is 33.8 Å². The van der Waals surface area contributed by atoms with Crippen LogP contribution in [0.2, 0.25) is 0 Å². The number of pyridine rings is 1. The van der Waals surface area contributed by atoms with E-state index in [0.29, 0.717) is 37.4 Å². The van der Waals surface area contributed by atoms with Crippen molar-refractivity contribution in [3.63, 3.8) is 0 Å². The minimum Gasteiger partial charge on any atom is -0.372 e. The number of benzene rings is 1. The number of aromatic nitrogens is 2. The van der Waals surface area contributed by atoms with Crippen molar-refractivity contribution in [2.75, 3.05) is 48.3 Å². The monoisotopic (exact) mass is 622 g/mol. The minimum atomic E-state index is -3.13. The van der Waals surface area contributed by atoms with Gasteiger partial charge in [-0.3, -0.25) is 14.5 Å².